The van der Waals surface area contributed by atoms with Crippen LogP contribution in [-0.4, -0.2) is 30.9 Å². The van der Waals surface area contributed by atoms with Crippen molar-refractivity contribution >= 4 is 29.0 Å². The Morgan fingerprint density at radius 3 is 2.50 bits per heavy atom. The molecular weight excluding hydrogens is 356 g/mol. The van der Waals surface area contributed by atoms with Gasteiger partial charge in [-0.2, -0.15) is 0 Å². The number of nitrogen functional groups attached to an aromatic ring is 1. The molecule has 0 saturated heterocycles. The molecule has 0 aliphatic carbocycles. The summed E-state index contributed by atoms with van der Waals surface area (Å²) in [6.45, 7) is 4.88. The van der Waals surface area contributed by atoms with E-state index in [1.54, 1.807) is 36.4 Å². The summed E-state index contributed by atoms with van der Waals surface area (Å²) in [7, 11) is 0. The van der Waals surface area contributed by atoms with Crippen molar-refractivity contribution < 1.29 is 14.3 Å². The van der Waals surface area contributed by atoms with Crippen LogP contribution in [0.5, 0.6) is 0 Å². The zero-order valence-corrected chi connectivity index (χ0v) is 15.8. The molecule has 1 heterocycles. The Hall–Kier alpha value is -3.61. The Morgan fingerprint density at radius 2 is 1.86 bits per heavy atom. The lowest BCUT2D eigenvalue weighted by Gasteiger charge is -2.16. The number of amidine groups is 1. The van der Waals surface area contributed by atoms with E-state index in [9.17, 15) is 9.59 Å². The normalized spacial score (nSPS) is 14.0. The molecular formula is C21H22N4O3. The summed E-state index contributed by atoms with van der Waals surface area (Å²) >= 11 is 0. The average molecular weight is 378 g/mol. The molecule has 7 heteroatoms. The van der Waals surface area contributed by atoms with Crippen LogP contribution in [0.25, 0.3) is 5.57 Å². The number of carbonyl (C=O) groups excluding carboxylic acids is 2. The molecule has 7 nitrogen and oxygen atoms in total. The van der Waals surface area contributed by atoms with E-state index >= 15 is 0 Å². The van der Waals surface area contributed by atoms with Crippen LogP contribution >= 0.6 is 0 Å². The lowest BCUT2D eigenvalue weighted by atomic mass is 9.96. The van der Waals surface area contributed by atoms with E-state index in [2.05, 4.69) is 10.3 Å². The highest BCUT2D eigenvalue weighted by atomic mass is 16.6. The smallest absolute Gasteiger partial charge is 0.348 e. The Morgan fingerprint density at radius 1 is 1.14 bits per heavy atom. The van der Waals surface area contributed by atoms with Gasteiger partial charge in [0.05, 0.1) is 23.4 Å². The van der Waals surface area contributed by atoms with Gasteiger partial charge < -0.3 is 21.5 Å². The third-order valence-corrected chi connectivity index (χ3v) is 4.40. The molecule has 2 aromatic carbocycles. The Labute approximate surface area is 163 Å². The number of aliphatic imine (C=N–C) groups is 1. The highest BCUT2D eigenvalue weighted by Gasteiger charge is 2.27. The third kappa shape index (κ3) is 3.88. The number of hydrogen-bond acceptors (Lipinski definition) is 7. The third-order valence-electron chi connectivity index (χ3n) is 4.40. The van der Waals surface area contributed by atoms with Gasteiger partial charge in [0, 0.05) is 17.8 Å². The van der Waals surface area contributed by atoms with Gasteiger partial charge in [0.25, 0.3) is 0 Å². The SMILES string of the molecule is Cc1cc(C)c(N)c(C(C(=O)OC(=O)c2ccccc2)=C(N)C2=NCCN2)c1. The minimum absolute atomic E-state index is 0.0155. The van der Waals surface area contributed by atoms with E-state index in [0.29, 0.717) is 30.2 Å². The van der Waals surface area contributed by atoms with Gasteiger partial charge in [-0.15, -0.1) is 0 Å². The molecule has 1 aliphatic rings. The maximum absolute atomic E-state index is 13.0. The minimum Gasteiger partial charge on any atom is -0.398 e. The fourth-order valence-electron chi connectivity index (χ4n) is 3.02. The van der Waals surface area contributed by atoms with Gasteiger partial charge in [-0.05, 0) is 37.6 Å². The summed E-state index contributed by atoms with van der Waals surface area (Å²) in [4.78, 5) is 29.6. The zero-order chi connectivity index (χ0) is 20.3. The van der Waals surface area contributed by atoms with Crippen LogP contribution in [0.2, 0.25) is 0 Å². The van der Waals surface area contributed by atoms with Crippen LogP contribution in [-0.2, 0) is 9.53 Å². The summed E-state index contributed by atoms with van der Waals surface area (Å²) < 4.78 is 5.11. The monoisotopic (exact) mass is 378 g/mol. The number of aryl methyl sites for hydroxylation is 2. The molecule has 3 rings (SSSR count). The fraction of sp³-hybridized carbons (Fsp3) is 0.190. The quantitative estimate of drug-likeness (QED) is 0.324. The predicted molar refractivity (Wildman–Crippen MR) is 109 cm³/mol. The molecule has 0 amide bonds. The van der Waals surface area contributed by atoms with Gasteiger partial charge in [-0.25, -0.2) is 9.59 Å². The van der Waals surface area contributed by atoms with E-state index in [0.717, 1.165) is 11.1 Å². The number of carbonyl (C=O) groups is 2. The van der Waals surface area contributed by atoms with Gasteiger partial charge >= 0.3 is 11.9 Å². The van der Waals surface area contributed by atoms with Gasteiger partial charge in [0.1, 0.15) is 5.84 Å². The summed E-state index contributed by atoms with van der Waals surface area (Å²) in [5.74, 6) is -1.25. The van der Waals surface area contributed by atoms with E-state index < -0.39 is 11.9 Å². The Balaban J connectivity index is 2.06. The van der Waals surface area contributed by atoms with E-state index in [1.807, 2.05) is 19.9 Å². The number of nitrogens with one attached hydrogen (secondary N) is 1. The van der Waals surface area contributed by atoms with Gasteiger partial charge in [0.2, 0.25) is 0 Å². The second-order valence-electron chi connectivity index (χ2n) is 6.53. The maximum atomic E-state index is 13.0. The molecule has 0 bridgehead atoms. The summed E-state index contributed by atoms with van der Waals surface area (Å²) in [6, 6.07) is 11.9. The van der Waals surface area contributed by atoms with Crippen molar-refractivity contribution in [2.45, 2.75) is 13.8 Å². The van der Waals surface area contributed by atoms with Crippen molar-refractivity contribution in [2.75, 3.05) is 18.8 Å². The van der Waals surface area contributed by atoms with Crippen molar-refractivity contribution in [3.05, 3.63) is 70.4 Å². The van der Waals surface area contributed by atoms with Crippen LogP contribution < -0.4 is 16.8 Å². The van der Waals surface area contributed by atoms with Gasteiger partial charge in [-0.3, -0.25) is 4.99 Å². The average Bonchev–Trinajstić information content (AvgIpc) is 3.21. The molecule has 5 N–H and O–H groups in total. The molecule has 0 spiro atoms. The molecule has 0 radical (unpaired) electrons. The highest BCUT2D eigenvalue weighted by molar-refractivity contribution is 6.27. The van der Waals surface area contributed by atoms with Gasteiger partial charge in [-0.1, -0.05) is 29.8 Å². The molecule has 0 saturated carbocycles. The first-order chi connectivity index (χ1) is 13.4. The van der Waals surface area contributed by atoms with Crippen LogP contribution in [0.1, 0.15) is 27.0 Å². The lowest BCUT2D eigenvalue weighted by Crippen LogP contribution is -2.28. The summed E-state index contributed by atoms with van der Waals surface area (Å²) in [5.41, 5.74) is 15.4. The molecule has 0 unspecified atom stereocenters. The number of rotatable bonds is 4. The maximum Gasteiger partial charge on any atom is 0.348 e. The first kappa shape index (κ1) is 19.2. The lowest BCUT2D eigenvalue weighted by molar-refractivity contribution is -0.131. The molecule has 144 valence electrons. The number of hydrogen-bond donors (Lipinski definition) is 3. The van der Waals surface area contributed by atoms with Crippen LogP contribution in [0.4, 0.5) is 5.69 Å². The van der Waals surface area contributed by atoms with Crippen LogP contribution in [0, 0.1) is 13.8 Å². The van der Waals surface area contributed by atoms with Crippen molar-refractivity contribution in [2.24, 2.45) is 10.7 Å². The second kappa shape index (κ2) is 7.96. The topological polar surface area (TPSA) is 120 Å². The van der Waals surface area contributed by atoms with Gasteiger partial charge in [0.15, 0.2) is 0 Å². The molecule has 28 heavy (non-hydrogen) atoms. The predicted octanol–water partition coefficient (Wildman–Crippen LogP) is 1.94. The number of benzene rings is 2. The van der Waals surface area contributed by atoms with E-state index in [4.69, 9.17) is 16.2 Å². The molecule has 0 aromatic heterocycles. The Kier molecular flexibility index (Phi) is 5.44. The van der Waals surface area contributed by atoms with Crippen LogP contribution in [0.15, 0.2) is 53.2 Å². The Bertz CT molecular complexity index is 994. The summed E-state index contributed by atoms with van der Waals surface area (Å²) in [5, 5.41) is 3.03. The van der Waals surface area contributed by atoms with Crippen molar-refractivity contribution in [3.8, 4) is 0 Å². The number of ether oxygens (including phenoxy) is 1. The second-order valence-corrected chi connectivity index (χ2v) is 6.53. The largest absolute Gasteiger partial charge is 0.398 e. The first-order valence-corrected chi connectivity index (χ1v) is 8.85. The fourth-order valence-corrected chi connectivity index (χ4v) is 3.02. The first-order valence-electron chi connectivity index (χ1n) is 8.85. The highest BCUT2D eigenvalue weighted by Crippen LogP contribution is 2.29. The van der Waals surface area contributed by atoms with Crippen molar-refractivity contribution in [3.63, 3.8) is 0 Å². The molecule has 0 atom stereocenters. The standard InChI is InChI=1S/C21H22N4O3/c1-12-10-13(2)17(22)15(11-12)16(18(23)19-24-8-9-25-19)21(27)28-20(26)14-6-4-3-5-7-14/h3-7,10-11H,8-9,22-23H2,1-2H3,(H,24,25). The molecule has 1 aliphatic heterocycles. The van der Waals surface area contributed by atoms with Crippen molar-refractivity contribution in [1.82, 2.24) is 5.32 Å². The molecule has 0 fully saturated rings. The minimum atomic E-state index is -0.876. The van der Waals surface area contributed by atoms with Crippen molar-refractivity contribution in [1.29, 1.82) is 0 Å². The molecule has 2 aromatic rings. The van der Waals surface area contributed by atoms with E-state index in [1.165, 1.54) is 0 Å². The zero-order valence-electron chi connectivity index (χ0n) is 15.8. The number of esters is 2. The number of nitrogens with zero attached hydrogens (tertiary/aromatic N) is 1. The van der Waals surface area contributed by atoms with E-state index in [-0.39, 0.29) is 16.8 Å². The number of nitrogens with two attached hydrogens (primary N) is 2. The number of anilines is 1. The van der Waals surface area contributed by atoms with Crippen LogP contribution in [0.3, 0.4) is 0 Å². The summed E-state index contributed by atoms with van der Waals surface area (Å²) in [6.07, 6.45) is 0.